The van der Waals surface area contributed by atoms with Crippen LogP contribution in [0, 0.1) is 0 Å². The van der Waals surface area contributed by atoms with Gasteiger partial charge in [0.05, 0.1) is 12.8 Å². The third-order valence-electron chi connectivity index (χ3n) is 2.92. The molecule has 1 aromatic rings. The van der Waals surface area contributed by atoms with Gasteiger partial charge in [-0.15, -0.1) is 0 Å². The number of rotatable bonds is 3. The molecule has 0 unspecified atom stereocenters. The number of piperazine rings is 1. The molecule has 4 heteroatoms. The van der Waals surface area contributed by atoms with Crippen molar-refractivity contribution in [1.29, 1.82) is 0 Å². The summed E-state index contributed by atoms with van der Waals surface area (Å²) in [6, 6.07) is 2.05. The van der Waals surface area contributed by atoms with Crippen LogP contribution in [0.3, 0.4) is 0 Å². The van der Waals surface area contributed by atoms with E-state index in [1.54, 1.807) is 6.26 Å². The number of nitrogens with zero attached hydrogens (tertiary/aromatic N) is 2. The van der Waals surface area contributed by atoms with Crippen molar-refractivity contribution in [3.8, 4) is 0 Å². The monoisotopic (exact) mass is 209 g/mol. The average Bonchev–Trinajstić information content (AvgIpc) is 2.69. The summed E-state index contributed by atoms with van der Waals surface area (Å²) in [7, 11) is 2.16. The Morgan fingerprint density at radius 1 is 1.33 bits per heavy atom. The van der Waals surface area contributed by atoms with Gasteiger partial charge in [0, 0.05) is 38.3 Å². The van der Waals surface area contributed by atoms with Crippen molar-refractivity contribution in [2.75, 3.05) is 33.2 Å². The van der Waals surface area contributed by atoms with Crippen LogP contribution in [0.2, 0.25) is 0 Å². The fourth-order valence-electron chi connectivity index (χ4n) is 1.84. The van der Waals surface area contributed by atoms with Crippen LogP contribution >= 0.6 is 0 Å². The maximum Gasteiger partial charge on any atom is 0.118 e. The molecule has 15 heavy (non-hydrogen) atoms. The van der Waals surface area contributed by atoms with E-state index < -0.39 is 0 Å². The molecule has 0 radical (unpaired) electrons. The molecular formula is C11H19N3O. The maximum atomic E-state index is 5.53. The van der Waals surface area contributed by atoms with Crippen molar-refractivity contribution in [2.24, 2.45) is 5.73 Å². The van der Waals surface area contributed by atoms with Crippen LogP contribution in [0.5, 0.6) is 0 Å². The molecule has 2 rings (SSSR count). The highest BCUT2D eigenvalue weighted by Gasteiger charge is 2.15. The Morgan fingerprint density at radius 2 is 2.07 bits per heavy atom. The zero-order valence-corrected chi connectivity index (χ0v) is 9.28. The SMILES string of the molecule is CN1CCN(Cc2cc(CN)co2)CC1. The highest BCUT2D eigenvalue weighted by Crippen LogP contribution is 2.11. The molecule has 1 fully saturated rings. The fourth-order valence-corrected chi connectivity index (χ4v) is 1.84. The van der Waals surface area contributed by atoms with Crippen LogP contribution in [0.25, 0.3) is 0 Å². The van der Waals surface area contributed by atoms with Crippen LogP contribution in [0.1, 0.15) is 11.3 Å². The first-order valence-electron chi connectivity index (χ1n) is 5.45. The smallest absolute Gasteiger partial charge is 0.118 e. The molecule has 0 bridgehead atoms. The van der Waals surface area contributed by atoms with Crippen LogP contribution in [0.4, 0.5) is 0 Å². The molecule has 2 heterocycles. The van der Waals surface area contributed by atoms with E-state index in [2.05, 4.69) is 22.9 Å². The van der Waals surface area contributed by atoms with E-state index in [1.807, 2.05) is 0 Å². The second-order valence-corrected chi connectivity index (χ2v) is 4.20. The Labute approximate surface area is 90.6 Å². The molecule has 1 aliphatic rings. The number of hydrogen-bond acceptors (Lipinski definition) is 4. The molecule has 1 aromatic heterocycles. The Hall–Kier alpha value is -0.840. The van der Waals surface area contributed by atoms with Crippen molar-refractivity contribution in [1.82, 2.24) is 9.80 Å². The number of nitrogens with two attached hydrogens (primary N) is 1. The molecule has 0 spiro atoms. The fraction of sp³-hybridized carbons (Fsp3) is 0.636. The molecule has 1 saturated heterocycles. The third-order valence-corrected chi connectivity index (χ3v) is 2.92. The van der Waals surface area contributed by atoms with Gasteiger partial charge in [-0.25, -0.2) is 0 Å². The summed E-state index contributed by atoms with van der Waals surface area (Å²) in [4.78, 5) is 4.77. The minimum Gasteiger partial charge on any atom is -0.468 e. The minimum atomic E-state index is 0.562. The molecule has 4 nitrogen and oxygen atoms in total. The molecule has 1 aliphatic heterocycles. The minimum absolute atomic E-state index is 0.562. The van der Waals surface area contributed by atoms with Crippen molar-refractivity contribution < 1.29 is 4.42 Å². The predicted molar refractivity (Wildman–Crippen MR) is 59.4 cm³/mol. The van der Waals surface area contributed by atoms with Gasteiger partial charge >= 0.3 is 0 Å². The molecule has 0 aromatic carbocycles. The molecule has 0 atom stereocenters. The first-order valence-corrected chi connectivity index (χ1v) is 5.45. The van der Waals surface area contributed by atoms with Crippen molar-refractivity contribution in [3.05, 3.63) is 23.7 Å². The number of likely N-dealkylation sites (N-methyl/N-ethyl adjacent to an activating group) is 1. The standard InChI is InChI=1S/C11H19N3O/c1-13-2-4-14(5-3-13)8-11-6-10(7-12)9-15-11/h6,9H,2-5,7-8,12H2,1H3. The maximum absolute atomic E-state index is 5.53. The average molecular weight is 209 g/mol. The van der Waals surface area contributed by atoms with Crippen LogP contribution in [0.15, 0.2) is 16.7 Å². The van der Waals surface area contributed by atoms with Gasteiger partial charge in [-0.2, -0.15) is 0 Å². The van der Waals surface area contributed by atoms with Gasteiger partial charge in [0.2, 0.25) is 0 Å². The lowest BCUT2D eigenvalue weighted by Crippen LogP contribution is -2.43. The van der Waals surface area contributed by atoms with Crippen molar-refractivity contribution in [3.63, 3.8) is 0 Å². The van der Waals surface area contributed by atoms with E-state index in [-0.39, 0.29) is 0 Å². The normalized spacial score (nSPS) is 19.6. The zero-order valence-electron chi connectivity index (χ0n) is 9.28. The van der Waals surface area contributed by atoms with Crippen LogP contribution in [-0.2, 0) is 13.1 Å². The summed E-state index contributed by atoms with van der Waals surface area (Å²) in [5, 5.41) is 0. The Kier molecular flexibility index (Phi) is 3.41. The summed E-state index contributed by atoms with van der Waals surface area (Å²) in [6.07, 6.45) is 1.76. The van der Waals surface area contributed by atoms with Crippen LogP contribution in [-0.4, -0.2) is 43.0 Å². The van der Waals surface area contributed by atoms with Gasteiger partial charge in [-0.1, -0.05) is 0 Å². The lowest BCUT2D eigenvalue weighted by molar-refractivity contribution is 0.140. The van der Waals surface area contributed by atoms with E-state index in [1.165, 1.54) is 0 Å². The summed E-state index contributed by atoms with van der Waals surface area (Å²) in [5.41, 5.74) is 6.62. The summed E-state index contributed by atoms with van der Waals surface area (Å²) < 4.78 is 5.45. The topological polar surface area (TPSA) is 45.6 Å². The molecule has 84 valence electrons. The lowest BCUT2D eigenvalue weighted by Gasteiger charge is -2.31. The van der Waals surface area contributed by atoms with E-state index >= 15 is 0 Å². The van der Waals surface area contributed by atoms with Gasteiger partial charge < -0.3 is 15.1 Å². The highest BCUT2D eigenvalue weighted by atomic mass is 16.3. The Morgan fingerprint density at radius 3 is 2.67 bits per heavy atom. The van der Waals surface area contributed by atoms with Gasteiger partial charge in [0.15, 0.2) is 0 Å². The zero-order chi connectivity index (χ0) is 10.7. The van der Waals surface area contributed by atoms with Gasteiger partial charge in [-0.3, -0.25) is 4.90 Å². The van der Waals surface area contributed by atoms with E-state index in [9.17, 15) is 0 Å². The van der Waals surface area contributed by atoms with Gasteiger partial charge in [-0.05, 0) is 13.1 Å². The van der Waals surface area contributed by atoms with E-state index in [0.717, 1.165) is 44.0 Å². The Balaban J connectivity index is 1.86. The molecule has 0 saturated carbocycles. The van der Waals surface area contributed by atoms with Crippen LogP contribution < -0.4 is 5.73 Å². The quantitative estimate of drug-likeness (QED) is 0.787. The largest absolute Gasteiger partial charge is 0.468 e. The number of hydrogen-bond donors (Lipinski definition) is 1. The molecule has 2 N–H and O–H groups in total. The van der Waals surface area contributed by atoms with E-state index in [4.69, 9.17) is 10.2 Å². The second kappa shape index (κ2) is 4.79. The molecule has 0 amide bonds. The highest BCUT2D eigenvalue weighted by molar-refractivity contribution is 5.12. The van der Waals surface area contributed by atoms with Gasteiger partial charge in [0.25, 0.3) is 0 Å². The van der Waals surface area contributed by atoms with E-state index in [0.29, 0.717) is 6.54 Å². The second-order valence-electron chi connectivity index (χ2n) is 4.20. The predicted octanol–water partition coefficient (Wildman–Crippen LogP) is 0.486. The summed E-state index contributed by atoms with van der Waals surface area (Å²) in [6.45, 7) is 6.00. The summed E-state index contributed by atoms with van der Waals surface area (Å²) in [5.74, 6) is 1.03. The number of furan rings is 1. The van der Waals surface area contributed by atoms with Crippen molar-refractivity contribution in [2.45, 2.75) is 13.1 Å². The first-order chi connectivity index (χ1) is 7.28. The first kappa shape index (κ1) is 10.7. The molecule has 0 aliphatic carbocycles. The Bertz CT molecular complexity index is 303. The van der Waals surface area contributed by atoms with Crippen molar-refractivity contribution >= 4 is 0 Å². The lowest BCUT2D eigenvalue weighted by atomic mass is 10.3. The molecular weight excluding hydrogens is 190 g/mol. The third kappa shape index (κ3) is 2.81. The summed E-state index contributed by atoms with van der Waals surface area (Å²) >= 11 is 0. The van der Waals surface area contributed by atoms with Gasteiger partial charge in [0.1, 0.15) is 5.76 Å².